The SMILES string of the molecule is O=C(c1ccc(=O)[nH]n1)N1CCC[C@H](Oc2ncc(Cl)cn2)C1. The Morgan fingerprint density at radius 3 is 2.83 bits per heavy atom. The molecule has 8 nitrogen and oxygen atoms in total. The van der Waals surface area contributed by atoms with E-state index in [1.807, 2.05) is 0 Å². The lowest BCUT2D eigenvalue weighted by Gasteiger charge is -2.32. The summed E-state index contributed by atoms with van der Waals surface area (Å²) in [6.45, 7) is 1.02. The van der Waals surface area contributed by atoms with E-state index in [2.05, 4.69) is 20.2 Å². The van der Waals surface area contributed by atoms with Gasteiger partial charge in [0.25, 0.3) is 11.5 Å². The summed E-state index contributed by atoms with van der Waals surface area (Å²) in [6, 6.07) is 2.92. The van der Waals surface area contributed by atoms with Crippen molar-refractivity contribution in [1.82, 2.24) is 25.1 Å². The normalized spacial score (nSPS) is 17.8. The molecule has 0 aromatic carbocycles. The van der Waals surface area contributed by atoms with Gasteiger partial charge in [0.2, 0.25) is 0 Å². The van der Waals surface area contributed by atoms with Gasteiger partial charge < -0.3 is 9.64 Å². The minimum absolute atomic E-state index is 0.198. The molecule has 0 unspecified atom stereocenters. The largest absolute Gasteiger partial charge is 0.458 e. The number of ether oxygens (including phenoxy) is 1. The van der Waals surface area contributed by atoms with Crippen LogP contribution in [0.4, 0.5) is 0 Å². The molecule has 0 aliphatic carbocycles. The van der Waals surface area contributed by atoms with Crippen LogP contribution in [0.2, 0.25) is 5.02 Å². The molecule has 2 aromatic rings. The van der Waals surface area contributed by atoms with Crippen LogP contribution in [0, 0.1) is 0 Å². The lowest BCUT2D eigenvalue weighted by molar-refractivity contribution is 0.0509. The summed E-state index contributed by atoms with van der Waals surface area (Å²) >= 11 is 5.73. The van der Waals surface area contributed by atoms with Gasteiger partial charge in [0.15, 0.2) is 0 Å². The molecule has 0 bridgehead atoms. The van der Waals surface area contributed by atoms with Crippen molar-refractivity contribution in [2.24, 2.45) is 0 Å². The number of hydrogen-bond donors (Lipinski definition) is 1. The predicted molar refractivity (Wildman–Crippen MR) is 81.5 cm³/mol. The zero-order chi connectivity index (χ0) is 16.2. The molecule has 0 spiro atoms. The molecule has 1 atom stereocenters. The molecule has 1 aliphatic heterocycles. The molecule has 1 amide bonds. The Bertz CT molecular complexity index is 728. The van der Waals surface area contributed by atoms with Crippen LogP contribution in [0.25, 0.3) is 0 Å². The molecule has 0 radical (unpaired) electrons. The highest BCUT2D eigenvalue weighted by Crippen LogP contribution is 2.17. The number of aromatic amines is 1. The number of hydrogen-bond acceptors (Lipinski definition) is 6. The minimum atomic E-state index is -0.346. The topological polar surface area (TPSA) is 101 Å². The quantitative estimate of drug-likeness (QED) is 0.894. The fraction of sp³-hybridized carbons (Fsp3) is 0.357. The minimum Gasteiger partial charge on any atom is -0.458 e. The van der Waals surface area contributed by atoms with Crippen molar-refractivity contribution in [3.8, 4) is 6.01 Å². The number of nitrogens with one attached hydrogen (secondary N) is 1. The molecule has 3 heterocycles. The number of rotatable bonds is 3. The Hall–Kier alpha value is -2.48. The van der Waals surface area contributed by atoms with E-state index in [-0.39, 0.29) is 29.3 Å². The van der Waals surface area contributed by atoms with Gasteiger partial charge in [0.05, 0.1) is 24.0 Å². The van der Waals surface area contributed by atoms with Gasteiger partial charge in [-0.2, -0.15) is 5.10 Å². The molecule has 1 aliphatic rings. The van der Waals surface area contributed by atoms with Gasteiger partial charge >= 0.3 is 6.01 Å². The van der Waals surface area contributed by atoms with Gasteiger partial charge in [-0.25, -0.2) is 15.1 Å². The number of piperidine rings is 1. The molecule has 23 heavy (non-hydrogen) atoms. The number of amides is 1. The first kappa shape index (κ1) is 15.4. The molecule has 120 valence electrons. The van der Waals surface area contributed by atoms with E-state index < -0.39 is 0 Å². The molecule has 3 rings (SSSR count). The summed E-state index contributed by atoms with van der Waals surface area (Å²) in [4.78, 5) is 33.0. The Balaban J connectivity index is 1.65. The molecule has 1 fully saturated rings. The van der Waals surface area contributed by atoms with Crippen LogP contribution in [0.1, 0.15) is 23.3 Å². The van der Waals surface area contributed by atoms with E-state index in [9.17, 15) is 9.59 Å². The smallest absolute Gasteiger partial charge is 0.316 e. The van der Waals surface area contributed by atoms with Crippen LogP contribution in [0.15, 0.2) is 29.3 Å². The van der Waals surface area contributed by atoms with Crippen LogP contribution in [0.3, 0.4) is 0 Å². The predicted octanol–water partition coefficient (Wildman–Crippen LogP) is 0.897. The highest BCUT2D eigenvalue weighted by molar-refractivity contribution is 6.30. The fourth-order valence-electron chi connectivity index (χ4n) is 2.35. The monoisotopic (exact) mass is 335 g/mol. The second-order valence-electron chi connectivity index (χ2n) is 5.12. The Kier molecular flexibility index (Phi) is 4.52. The molecular weight excluding hydrogens is 322 g/mol. The van der Waals surface area contributed by atoms with E-state index in [4.69, 9.17) is 16.3 Å². The summed E-state index contributed by atoms with van der Waals surface area (Å²) < 4.78 is 5.69. The number of nitrogens with zero attached hydrogens (tertiary/aromatic N) is 4. The maximum Gasteiger partial charge on any atom is 0.316 e. The summed E-state index contributed by atoms with van der Waals surface area (Å²) in [6.07, 6.45) is 4.32. The molecule has 1 N–H and O–H groups in total. The fourth-order valence-corrected chi connectivity index (χ4v) is 2.45. The summed E-state index contributed by atoms with van der Waals surface area (Å²) in [7, 11) is 0. The maximum absolute atomic E-state index is 12.4. The first-order chi connectivity index (χ1) is 11.1. The van der Waals surface area contributed by atoms with Crippen LogP contribution >= 0.6 is 11.6 Å². The van der Waals surface area contributed by atoms with Crippen LogP contribution < -0.4 is 10.3 Å². The summed E-state index contributed by atoms with van der Waals surface area (Å²) in [5, 5.41) is 6.45. The van der Waals surface area contributed by atoms with E-state index in [1.54, 1.807) is 4.90 Å². The number of likely N-dealkylation sites (tertiary alicyclic amines) is 1. The van der Waals surface area contributed by atoms with Gasteiger partial charge in [-0.15, -0.1) is 0 Å². The third-order valence-corrected chi connectivity index (χ3v) is 3.63. The van der Waals surface area contributed by atoms with Crippen molar-refractivity contribution in [2.45, 2.75) is 18.9 Å². The third kappa shape index (κ3) is 3.84. The average molecular weight is 336 g/mol. The number of halogens is 1. The Morgan fingerprint density at radius 2 is 2.13 bits per heavy atom. The highest BCUT2D eigenvalue weighted by Gasteiger charge is 2.27. The first-order valence-corrected chi connectivity index (χ1v) is 7.49. The van der Waals surface area contributed by atoms with Crippen molar-refractivity contribution in [3.63, 3.8) is 0 Å². The second-order valence-corrected chi connectivity index (χ2v) is 5.56. The van der Waals surface area contributed by atoms with Gasteiger partial charge in [-0.05, 0) is 18.9 Å². The van der Waals surface area contributed by atoms with E-state index in [1.165, 1.54) is 24.5 Å². The van der Waals surface area contributed by atoms with Crippen molar-refractivity contribution < 1.29 is 9.53 Å². The molecule has 0 saturated carbocycles. The number of H-pyrrole nitrogens is 1. The average Bonchev–Trinajstić information content (AvgIpc) is 2.57. The number of carbonyl (C=O) groups is 1. The molecule has 9 heteroatoms. The second kappa shape index (κ2) is 6.74. The highest BCUT2D eigenvalue weighted by atomic mass is 35.5. The van der Waals surface area contributed by atoms with Gasteiger partial charge in [0.1, 0.15) is 11.8 Å². The Morgan fingerprint density at radius 1 is 1.35 bits per heavy atom. The first-order valence-electron chi connectivity index (χ1n) is 7.11. The molecule has 2 aromatic heterocycles. The van der Waals surface area contributed by atoms with E-state index in [0.29, 0.717) is 18.1 Å². The lowest BCUT2D eigenvalue weighted by Crippen LogP contribution is -2.45. The zero-order valence-electron chi connectivity index (χ0n) is 12.1. The maximum atomic E-state index is 12.4. The zero-order valence-corrected chi connectivity index (χ0v) is 12.9. The van der Waals surface area contributed by atoms with Crippen LogP contribution in [-0.2, 0) is 0 Å². The standard InChI is InChI=1S/C14H14ClN5O3/c15-9-6-16-14(17-7-9)23-10-2-1-5-20(8-10)13(22)11-3-4-12(21)19-18-11/h3-4,6-7,10H,1-2,5,8H2,(H,19,21)/t10-/m0/s1. The lowest BCUT2D eigenvalue weighted by atomic mass is 10.1. The van der Waals surface area contributed by atoms with Crippen LogP contribution in [-0.4, -0.2) is 50.2 Å². The van der Waals surface area contributed by atoms with Crippen molar-refractivity contribution in [1.29, 1.82) is 0 Å². The molecule has 1 saturated heterocycles. The van der Waals surface area contributed by atoms with Crippen molar-refractivity contribution in [2.75, 3.05) is 13.1 Å². The van der Waals surface area contributed by atoms with Crippen molar-refractivity contribution >= 4 is 17.5 Å². The van der Waals surface area contributed by atoms with E-state index in [0.717, 1.165) is 12.8 Å². The summed E-state index contributed by atoms with van der Waals surface area (Å²) in [5.41, 5.74) is -0.144. The van der Waals surface area contributed by atoms with Gasteiger partial charge in [-0.1, -0.05) is 11.6 Å². The van der Waals surface area contributed by atoms with Crippen LogP contribution in [0.5, 0.6) is 6.01 Å². The van der Waals surface area contributed by atoms with Crippen molar-refractivity contribution in [3.05, 3.63) is 45.6 Å². The Labute approximate surface area is 136 Å². The summed E-state index contributed by atoms with van der Waals surface area (Å²) in [5.74, 6) is -0.244. The van der Waals surface area contributed by atoms with E-state index >= 15 is 0 Å². The number of aromatic nitrogens is 4. The molecular formula is C14H14ClN5O3. The third-order valence-electron chi connectivity index (χ3n) is 3.43. The number of carbonyl (C=O) groups excluding carboxylic acids is 1. The van der Waals surface area contributed by atoms with Gasteiger partial charge in [0, 0.05) is 12.6 Å². The van der Waals surface area contributed by atoms with Gasteiger partial charge in [-0.3, -0.25) is 9.59 Å².